The summed E-state index contributed by atoms with van der Waals surface area (Å²) < 4.78 is 23.9. The molecule has 1 N–H and O–H groups in total. The van der Waals surface area contributed by atoms with E-state index in [2.05, 4.69) is 6.92 Å². The summed E-state index contributed by atoms with van der Waals surface area (Å²) in [6, 6.07) is 15.2. The van der Waals surface area contributed by atoms with Crippen LogP contribution in [0, 0.1) is 0 Å². The molecule has 1 aromatic heterocycles. The van der Waals surface area contributed by atoms with Crippen LogP contribution in [0.15, 0.2) is 60.2 Å². The van der Waals surface area contributed by atoms with E-state index in [1.165, 1.54) is 16.2 Å². The number of amides is 1. The summed E-state index contributed by atoms with van der Waals surface area (Å²) >= 11 is 1.28. The largest absolute Gasteiger partial charge is 0.507 e. The number of aliphatic hydroxyl groups excluding tert-OH is 1. The molecular formula is C34H34N2O7S. The van der Waals surface area contributed by atoms with Gasteiger partial charge in [-0.05, 0) is 79.9 Å². The molecule has 10 heteroatoms. The number of anilines is 1. The number of methoxy groups -OCH3 is 1. The predicted octanol–water partition coefficient (Wildman–Crippen LogP) is 6.83. The standard InChI is InChI=1S/C34H34N2O7S/c1-5-7-14-42-26-13-8-20(17-27(26)40-4)30-29(31(37)21-9-12-25-22(16-21)15-19(3)43-25)32(38)33(39)36(30)34-35-24-11-10-23(41-6-2)18-28(24)44-34/h8-13,16-19,30,37H,5-7,14-15H2,1-4H3/b31-29+/t19-,30+/m0/s1. The molecule has 2 atom stereocenters. The smallest absolute Gasteiger partial charge is 0.301 e. The Kier molecular flexibility index (Phi) is 8.18. The third-order valence-corrected chi connectivity index (χ3v) is 8.76. The highest BCUT2D eigenvalue weighted by Crippen LogP contribution is 2.46. The van der Waals surface area contributed by atoms with E-state index in [4.69, 9.17) is 23.9 Å². The number of aromatic nitrogens is 1. The fourth-order valence-corrected chi connectivity index (χ4v) is 6.64. The molecule has 1 fully saturated rings. The summed E-state index contributed by atoms with van der Waals surface area (Å²) in [6.45, 7) is 7.01. The van der Waals surface area contributed by atoms with E-state index >= 15 is 0 Å². The Labute approximate surface area is 259 Å². The fourth-order valence-electron chi connectivity index (χ4n) is 5.62. The topological polar surface area (TPSA) is 107 Å². The molecule has 0 unspecified atom stereocenters. The van der Waals surface area contributed by atoms with Crippen molar-refractivity contribution in [3.63, 3.8) is 0 Å². The van der Waals surface area contributed by atoms with E-state index in [-0.39, 0.29) is 17.4 Å². The average molecular weight is 615 g/mol. The van der Waals surface area contributed by atoms with Crippen LogP contribution >= 0.6 is 11.3 Å². The van der Waals surface area contributed by atoms with Crippen LogP contribution in [-0.4, -0.2) is 48.2 Å². The van der Waals surface area contributed by atoms with Gasteiger partial charge in [-0.15, -0.1) is 0 Å². The molecular weight excluding hydrogens is 580 g/mol. The van der Waals surface area contributed by atoms with Gasteiger partial charge >= 0.3 is 5.91 Å². The third-order valence-electron chi connectivity index (χ3n) is 7.74. The molecule has 2 aliphatic heterocycles. The number of benzene rings is 3. The summed E-state index contributed by atoms with van der Waals surface area (Å²) in [5.41, 5.74) is 2.57. The lowest BCUT2D eigenvalue weighted by Crippen LogP contribution is -2.29. The van der Waals surface area contributed by atoms with Gasteiger partial charge in [0.05, 0.1) is 42.2 Å². The summed E-state index contributed by atoms with van der Waals surface area (Å²) in [6.07, 6.45) is 2.57. The number of hydrogen-bond acceptors (Lipinski definition) is 9. The molecule has 1 amide bonds. The van der Waals surface area contributed by atoms with Gasteiger partial charge in [0.25, 0.3) is 5.78 Å². The van der Waals surface area contributed by atoms with Crippen molar-refractivity contribution >= 4 is 44.1 Å². The molecule has 44 heavy (non-hydrogen) atoms. The van der Waals surface area contributed by atoms with Crippen molar-refractivity contribution in [2.24, 2.45) is 0 Å². The third kappa shape index (κ3) is 5.34. The van der Waals surface area contributed by atoms with E-state index in [1.54, 1.807) is 37.4 Å². The zero-order valence-electron chi connectivity index (χ0n) is 25.1. The van der Waals surface area contributed by atoms with Crippen molar-refractivity contribution in [2.45, 2.75) is 52.2 Å². The van der Waals surface area contributed by atoms with Crippen molar-refractivity contribution in [3.8, 4) is 23.0 Å². The number of ketones is 1. The molecule has 3 aromatic carbocycles. The lowest BCUT2D eigenvalue weighted by molar-refractivity contribution is -0.132. The van der Waals surface area contributed by atoms with Crippen molar-refractivity contribution in [1.29, 1.82) is 0 Å². The molecule has 6 rings (SSSR count). The Morgan fingerprint density at radius 2 is 1.91 bits per heavy atom. The van der Waals surface area contributed by atoms with Crippen LogP contribution in [-0.2, 0) is 16.0 Å². The van der Waals surface area contributed by atoms with Crippen LogP contribution in [0.5, 0.6) is 23.0 Å². The number of unbranched alkanes of at least 4 members (excludes halogenated alkanes) is 1. The number of carbonyl (C=O) groups is 2. The maximum absolute atomic E-state index is 13.8. The molecule has 0 aliphatic carbocycles. The molecule has 0 bridgehead atoms. The van der Waals surface area contributed by atoms with Crippen molar-refractivity contribution < 1.29 is 33.6 Å². The molecule has 0 radical (unpaired) electrons. The number of rotatable bonds is 10. The molecule has 4 aromatic rings. The molecule has 0 spiro atoms. The van der Waals surface area contributed by atoms with Crippen LogP contribution in [0.2, 0.25) is 0 Å². The number of aliphatic hydroxyl groups is 1. The van der Waals surface area contributed by atoms with E-state index in [9.17, 15) is 14.7 Å². The van der Waals surface area contributed by atoms with Crippen LogP contribution < -0.4 is 23.8 Å². The summed E-state index contributed by atoms with van der Waals surface area (Å²) in [4.78, 5) is 33.7. The Morgan fingerprint density at radius 1 is 1.07 bits per heavy atom. The Balaban J connectivity index is 1.50. The predicted molar refractivity (Wildman–Crippen MR) is 169 cm³/mol. The first kappa shape index (κ1) is 29.5. The maximum atomic E-state index is 13.8. The van der Waals surface area contributed by atoms with Crippen LogP contribution in [0.1, 0.15) is 56.3 Å². The lowest BCUT2D eigenvalue weighted by Gasteiger charge is -2.24. The number of hydrogen-bond donors (Lipinski definition) is 1. The second-order valence-corrected chi connectivity index (χ2v) is 11.8. The van der Waals surface area contributed by atoms with E-state index < -0.39 is 17.7 Å². The highest BCUT2D eigenvalue weighted by atomic mass is 32.1. The first-order valence-corrected chi connectivity index (χ1v) is 15.6. The molecule has 228 valence electrons. The zero-order valence-corrected chi connectivity index (χ0v) is 25.9. The van der Waals surface area contributed by atoms with Crippen LogP contribution in [0.25, 0.3) is 16.0 Å². The minimum atomic E-state index is -0.969. The number of nitrogens with zero attached hydrogens (tertiary/aromatic N) is 2. The van der Waals surface area contributed by atoms with Gasteiger partial charge in [0, 0.05) is 12.0 Å². The minimum absolute atomic E-state index is 0.0146. The molecule has 1 saturated heterocycles. The molecule has 3 heterocycles. The number of thiazole rings is 1. The number of Topliss-reactive ketones (excluding diaryl/α,β-unsaturated/α-hetero) is 1. The van der Waals surface area contributed by atoms with Gasteiger partial charge in [-0.3, -0.25) is 14.5 Å². The van der Waals surface area contributed by atoms with E-state index in [0.29, 0.717) is 58.7 Å². The normalized spacial score (nSPS) is 18.9. The lowest BCUT2D eigenvalue weighted by atomic mass is 9.94. The van der Waals surface area contributed by atoms with Crippen LogP contribution in [0.4, 0.5) is 5.13 Å². The summed E-state index contributed by atoms with van der Waals surface area (Å²) in [5.74, 6) is 0.606. The van der Waals surface area contributed by atoms with E-state index in [1.807, 2.05) is 38.1 Å². The summed E-state index contributed by atoms with van der Waals surface area (Å²) in [5, 5.41) is 12.0. The maximum Gasteiger partial charge on any atom is 0.301 e. The first-order valence-electron chi connectivity index (χ1n) is 14.8. The Bertz CT molecular complexity index is 1780. The quantitative estimate of drug-likeness (QED) is 0.0896. The highest BCUT2D eigenvalue weighted by Gasteiger charge is 2.48. The minimum Gasteiger partial charge on any atom is -0.507 e. The number of carbonyl (C=O) groups excluding carboxylic acids is 2. The number of fused-ring (bicyclic) bond motifs is 2. The van der Waals surface area contributed by atoms with Crippen molar-refractivity contribution in [1.82, 2.24) is 4.98 Å². The number of ether oxygens (including phenoxy) is 4. The Morgan fingerprint density at radius 3 is 2.68 bits per heavy atom. The van der Waals surface area contributed by atoms with Gasteiger partial charge < -0.3 is 24.1 Å². The second kappa shape index (κ2) is 12.2. The molecule has 9 nitrogen and oxygen atoms in total. The fraction of sp³-hybridized carbons (Fsp3) is 0.324. The van der Waals surface area contributed by atoms with Crippen LogP contribution in [0.3, 0.4) is 0 Å². The highest BCUT2D eigenvalue weighted by molar-refractivity contribution is 7.22. The SMILES string of the molecule is CCCCOc1ccc([C@@H]2/C(=C(\O)c3ccc4c(c3)C[C@H](C)O4)C(=O)C(=O)N2c2nc3ccc(OCC)cc3s2)cc1OC. The first-order chi connectivity index (χ1) is 21.3. The van der Waals surface area contributed by atoms with Gasteiger partial charge in [-0.2, -0.15) is 0 Å². The zero-order chi connectivity index (χ0) is 31.0. The Hall–Kier alpha value is -4.57. The monoisotopic (exact) mass is 614 g/mol. The molecule has 0 saturated carbocycles. The van der Waals surface area contributed by atoms with E-state index in [0.717, 1.165) is 28.9 Å². The second-order valence-electron chi connectivity index (χ2n) is 10.8. The van der Waals surface area contributed by atoms with Gasteiger partial charge in [-0.1, -0.05) is 30.7 Å². The van der Waals surface area contributed by atoms with Gasteiger partial charge in [-0.25, -0.2) is 4.98 Å². The average Bonchev–Trinajstić information content (AvgIpc) is 3.69. The van der Waals surface area contributed by atoms with Crippen molar-refractivity contribution in [2.75, 3.05) is 25.2 Å². The van der Waals surface area contributed by atoms with Crippen molar-refractivity contribution in [3.05, 3.63) is 76.9 Å². The van der Waals surface area contributed by atoms with Gasteiger partial charge in [0.2, 0.25) is 0 Å². The van der Waals surface area contributed by atoms with Gasteiger partial charge in [0.1, 0.15) is 23.4 Å². The van der Waals surface area contributed by atoms with Gasteiger partial charge in [0.15, 0.2) is 16.6 Å². The summed E-state index contributed by atoms with van der Waals surface area (Å²) in [7, 11) is 1.54. The molecule has 2 aliphatic rings.